The van der Waals surface area contributed by atoms with Crippen molar-refractivity contribution in [2.45, 2.75) is 51.2 Å². The van der Waals surface area contributed by atoms with Crippen LogP contribution in [0.3, 0.4) is 0 Å². The van der Waals surface area contributed by atoms with Crippen molar-refractivity contribution < 1.29 is 4.79 Å². The van der Waals surface area contributed by atoms with Crippen molar-refractivity contribution in [3.8, 4) is 0 Å². The number of thioether (sulfide) groups is 1. The second kappa shape index (κ2) is 10.3. The summed E-state index contributed by atoms with van der Waals surface area (Å²) in [4.78, 5) is 29.8. The lowest BCUT2D eigenvalue weighted by Gasteiger charge is -2.12. The number of hydrogen-bond donors (Lipinski definition) is 1. The van der Waals surface area contributed by atoms with Crippen LogP contribution in [0.2, 0.25) is 0 Å². The highest BCUT2D eigenvalue weighted by Gasteiger charge is 2.13. The van der Waals surface area contributed by atoms with Gasteiger partial charge >= 0.3 is 0 Å². The van der Waals surface area contributed by atoms with E-state index >= 15 is 0 Å². The Morgan fingerprint density at radius 2 is 1.83 bits per heavy atom. The molecule has 0 spiro atoms. The highest BCUT2D eigenvalue weighted by molar-refractivity contribution is 7.99. The van der Waals surface area contributed by atoms with Crippen LogP contribution in [-0.4, -0.2) is 21.2 Å². The lowest BCUT2D eigenvalue weighted by molar-refractivity contribution is -0.113. The summed E-state index contributed by atoms with van der Waals surface area (Å²) in [6, 6.07) is 15.3. The molecule has 3 rings (SSSR count). The van der Waals surface area contributed by atoms with Gasteiger partial charge in [-0.2, -0.15) is 0 Å². The van der Waals surface area contributed by atoms with Gasteiger partial charge in [-0.25, -0.2) is 4.98 Å². The molecule has 5 nitrogen and oxygen atoms in total. The number of aromatic nitrogens is 2. The van der Waals surface area contributed by atoms with Crippen LogP contribution in [0.25, 0.3) is 10.9 Å². The van der Waals surface area contributed by atoms with Crippen molar-refractivity contribution in [2.75, 3.05) is 11.1 Å². The average molecular weight is 410 g/mol. The molecule has 0 bridgehead atoms. The van der Waals surface area contributed by atoms with Crippen LogP contribution < -0.4 is 10.9 Å². The van der Waals surface area contributed by atoms with E-state index in [1.54, 1.807) is 10.6 Å². The Morgan fingerprint density at radius 1 is 1.07 bits per heavy atom. The number of para-hydroxylation sites is 1. The molecule has 6 heteroatoms. The molecule has 0 unspecified atom stereocenters. The zero-order valence-corrected chi connectivity index (χ0v) is 17.8. The van der Waals surface area contributed by atoms with E-state index in [1.807, 2.05) is 37.3 Å². The summed E-state index contributed by atoms with van der Waals surface area (Å²) in [7, 11) is 0. The third kappa shape index (κ3) is 5.48. The first kappa shape index (κ1) is 21.1. The van der Waals surface area contributed by atoms with E-state index < -0.39 is 0 Å². The Labute approximate surface area is 175 Å². The molecule has 1 N–H and O–H groups in total. The van der Waals surface area contributed by atoms with E-state index in [2.05, 4.69) is 29.4 Å². The van der Waals surface area contributed by atoms with Gasteiger partial charge in [0.2, 0.25) is 5.91 Å². The van der Waals surface area contributed by atoms with E-state index in [4.69, 9.17) is 0 Å². The zero-order chi connectivity index (χ0) is 20.6. The van der Waals surface area contributed by atoms with Gasteiger partial charge in [0.05, 0.1) is 16.7 Å². The minimum absolute atomic E-state index is 0.0528. The summed E-state index contributed by atoms with van der Waals surface area (Å²) < 4.78 is 1.67. The molecule has 29 heavy (non-hydrogen) atoms. The predicted molar refractivity (Wildman–Crippen MR) is 121 cm³/mol. The molecule has 152 valence electrons. The average Bonchev–Trinajstić information content (AvgIpc) is 2.74. The first-order valence-corrected chi connectivity index (χ1v) is 11.1. The van der Waals surface area contributed by atoms with Crippen LogP contribution in [0.5, 0.6) is 0 Å². The number of carbonyl (C=O) groups is 1. The number of nitrogens with one attached hydrogen (secondary N) is 1. The zero-order valence-electron chi connectivity index (χ0n) is 17.0. The van der Waals surface area contributed by atoms with Gasteiger partial charge in [-0.1, -0.05) is 56.3 Å². The highest BCUT2D eigenvalue weighted by atomic mass is 32.2. The van der Waals surface area contributed by atoms with Gasteiger partial charge in [0.15, 0.2) is 5.16 Å². The molecule has 1 heterocycles. The topological polar surface area (TPSA) is 64.0 Å². The Kier molecular flexibility index (Phi) is 7.47. The Hall–Kier alpha value is -2.60. The maximum Gasteiger partial charge on any atom is 0.262 e. The third-order valence-electron chi connectivity index (χ3n) is 4.66. The number of amides is 1. The Morgan fingerprint density at radius 3 is 2.55 bits per heavy atom. The van der Waals surface area contributed by atoms with Gasteiger partial charge in [-0.3, -0.25) is 14.2 Å². The fourth-order valence-corrected chi connectivity index (χ4v) is 3.97. The van der Waals surface area contributed by atoms with Crippen molar-refractivity contribution in [1.29, 1.82) is 0 Å². The number of hydrogen-bond acceptors (Lipinski definition) is 4. The van der Waals surface area contributed by atoms with Gasteiger partial charge in [-0.15, -0.1) is 0 Å². The standard InChI is InChI=1S/C23H27N3O2S/c1-3-5-8-17-11-13-18(14-12-17)24-21(27)16-29-23-25-20-10-7-6-9-19(20)22(28)26(23)15-4-2/h6-7,9-14H,3-5,8,15-16H2,1-2H3,(H,24,27). The van der Waals surface area contributed by atoms with Crippen molar-refractivity contribution >= 4 is 34.3 Å². The molecule has 1 amide bonds. The summed E-state index contributed by atoms with van der Waals surface area (Å²) in [5.74, 6) is 0.0910. The smallest absolute Gasteiger partial charge is 0.262 e. The third-order valence-corrected chi connectivity index (χ3v) is 5.64. The predicted octanol–water partition coefficient (Wildman–Crippen LogP) is 4.88. The fraction of sp³-hybridized carbons (Fsp3) is 0.348. The van der Waals surface area contributed by atoms with Crippen LogP contribution in [0.4, 0.5) is 5.69 Å². The van der Waals surface area contributed by atoms with Gasteiger partial charge in [0.25, 0.3) is 5.56 Å². The molecule has 0 radical (unpaired) electrons. The molecular formula is C23H27N3O2S. The maximum absolute atomic E-state index is 12.8. The van der Waals surface area contributed by atoms with Crippen LogP contribution in [0, 0.1) is 0 Å². The van der Waals surface area contributed by atoms with Crippen LogP contribution >= 0.6 is 11.8 Å². The molecule has 0 saturated heterocycles. The number of fused-ring (bicyclic) bond motifs is 1. The molecule has 0 aliphatic heterocycles. The van der Waals surface area contributed by atoms with E-state index in [9.17, 15) is 9.59 Å². The largest absolute Gasteiger partial charge is 0.325 e. The number of aryl methyl sites for hydroxylation is 1. The molecule has 3 aromatic rings. The summed E-state index contributed by atoms with van der Waals surface area (Å²) in [5, 5.41) is 4.12. The minimum Gasteiger partial charge on any atom is -0.325 e. The molecule has 0 atom stereocenters. The lowest BCUT2D eigenvalue weighted by atomic mass is 10.1. The highest BCUT2D eigenvalue weighted by Crippen LogP contribution is 2.19. The molecule has 0 saturated carbocycles. The molecule has 0 aliphatic carbocycles. The lowest BCUT2D eigenvalue weighted by Crippen LogP contribution is -2.24. The first-order chi connectivity index (χ1) is 14.1. The molecular weight excluding hydrogens is 382 g/mol. The number of nitrogens with zero attached hydrogens (tertiary/aromatic N) is 2. The molecule has 0 aliphatic rings. The normalized spacial score (nSPS) is 11.0. The Balaban J connectivity index is 1.68. The summed E-state index contributed by atoms with van der Waals surface area (Å²) in [6.45, 7) is 4.78. The van der Waals surface area contributed by atoms with E-state index in [0.29, 0.717) is 22.6 Å². The molecule has 1 aromatic heterocycles. The number of carbonyl (C=O) groups excluding carboxylic acids is 1. The minimum atomic E-state index is -0.109. The van der Waals surface area contributed by atoms with Crippen LogP contribution in [0.15, 0.2) is 58.5 Å². The van der Waals surface area contributed by atoms with Crippen LogP contribution in [-0.2, 0) is 17.8 Å². The van der Waals surface area contributed by atoms with Crippen molar-refractivity contribution in [3.05, 3.63) is 64.4 Å². The summed E-state index contributed by atoms with van der Waals surface area (Å²) >= 11 is 1.30. The van der Waals surface area contributed by atoms with E-state index in [0.717, 1.165) is 18.5 Å². The van der Waals surface area contributed by atoms with Gasteiger partial charge in [0, 0.05) is 12.2 Å². The van der Waals surface area contributed by atoms with E-state index in [-0.39, 0.29) is 17.2 Å². The number of anilines is 1. The van der Waals surface area contributed by atoms with Crippen molar-refractivity contribution in [2.24, 2.45) is 0 Å². The maximum atomic E-state index is 12.8. The van der Waals surface area contributed by atoms with Crippen LogP contribution in [0.1, 0.15) is 38.7 Å². The van der Waals surface area contributed by atoms with Crippen molar-refractivity contribution in [1.82, 2.24) is 9.55 Å². The fourth-order valence-electron chi connectivity index (χ4n) is 3.14. The second-order valence-electron chi connectivity index (χ2n) is 7.01. The number of rotatable bonds is 9. The van der Waals surface area contributed by atoms with Gasteiger partial charge in [-0.05, 0) is 49.1 Å². The quantitative estimate of drug-likeness (QED) is 0.404. The second-order valence-corrected chi connectivity index (χ2v) is 7.95. The molecule has 2 aromatic carbocycles. The summed E-state index contributed by atoms with van der Waals surface area (Å²) in [5.41, 5.74) is 2.68. The summed E-state index contributed by atoms with van der Waals surface area (Å²) in [6.07, 6.45) is 4.22. The molecule has 0 fully saturated rings. The van der Waals surface area contributed by atoms with Gasteiger partial charge < -0.3 is 5.32 Å². The van der Waals surface area contributed by atoms with Crippen molar-refractivity contribution in [3.63, 3.8) is 0 Å². The van der Waals surface area contributed by atoms with E-state index in [1.165, 1.54) is 30.2 Å². The van der Waals surface area contributed by atoms with Gasteiger partial charge in [0.1, 0.15) is 0 Å². The Bertz CT molecular complexity index is 1030. The SMILES string of the molecule is CCCCc1ccc(NC(=O)CSc2nc3ccccc3c(=O)n2CCC)cc1. The number of benzene rings is 2. The monoisotopic (exact) mass is 409 g/mol. The first-order valence-electron chi connectivity index (χ1n) is 10.1. The number of unbranched alkanes of at least 4 members (excludes halogenated alkanes) is 1.